The molecule has 0 fully saturated rings. The summed E-state index contributed by atoms with van der Waals surface area (Å²) in [4.78, 5) is 23.7. The van der Waals surface area contributed by atoms with Crippen molar-refractivity contribution in [2.45, 2.75) is 6.92 Å². The van der Waals surface area contributed by atoms with Crippen LogP contribution < -0.4 is 15.4 Å². The molecule has 2 rings (SSSR count). The number of carbonyl (C=O) groups is 2. The van der Waals surface area contributed by atoms with Crippen molar-refractivity contribution < 1.29 is 19.4 Å². The van der Waals surface area contributed by atoms with Gasteiger partial charge in [-0.2, -0.15) is 0 Å². The molecule has 0 bridgehead atoms. The van der Waals surface area contributed by atoms with Crippen molar-refractivity contribution in [1.82, 2.24) is 0 Å². The minimum atomic E-state index is -0.920. The van der Waals surface area contributed by atoms with Crippen LogP contribution in [0.5, 0.6) is 11.5 Å². The molecular formula is C16H15ClN2O4. The zero-order valence-corrected chi connectivity index (χ0v) is 13.1. The van der Waals surface area contributed by atoms with Crippen molar-refractivity contribution in [3.05, 3.63) is 47.5 Å². The number of hydrogen-bond acceptors (Lipinski definition) is 4. The lowest BCUT2D eigenvalue weighted by atomic mass is 10.2. The SMILES string of the molecule is CCOc1ccc(NC(=O)C(=O)Nc2cc(Cl)ccc2O)cc1. The van der Waals surface area contributed by atoms with E-state index in [-0.39, 0.29) is 11.4 Å². The van der Waals surface area contributed by atoms with Crippen molar-refractivity contribution in [3.63, 3.8) is 0 Å². The summed E-state index contributed by atoms with van der Waals surface area (Å²) < 4.78 is 5.28. The molecule has 0 aliphatic heterocycles. The topological polar surface area (TPSA) is 87.7 Å². The van der Waals surface area contributed by atoms with Gasteiger partial charge in [-0.1, -0.05) is 11.6 Å². The van der Waals surface area contributed by atoms with Gasteiger partial charge in [-0.15, -0.1) is 0 Å². The highest BCUT2D eigenvalue weighted by molar-refractivity contribution is 6.44. The molecule has 0 radical (unpaired) electrons. The summed E-state index contributed by atoms with van der Waals surface area (Å²) in [6.07, 6.45) is 0. The van der Waals surface area contributed by atoms with Crippen LogP contribution >= 0.6 is 11.6 Å². The second kappa shape index (κ2) is 7.51. The minimum absolute atomic E-state index is 0.0596. The molecule has 2 amide bonds. The largest absolute Gasteiger partial charge is 0.506 e. The summed E-state index contributed by atoms with van der Waals surface area (Å²) in [5.74, 6) is -1.31. The normalized spacial score (nSPS) is 10.0. The number of nitrogens with one attached hydrogen (secondary N) is 2. The van der Waals surface area contributed by atoms with Crippen LogP contribution in [0.2, 0.25) is 5.02 Å². The third kappa shape index (κ3) is 4.62. The van der Waals surface area contributed by atoms with Gasteiger partial charge in [0.05, 0.1) is 12.3 Å². The standard InChI is InChI=1S/C16H15ClN2O4/c1-2-23-12-6-4-11(5-7-12)18-15(21)16(22)19-13-9-10(17)3-8-14(13)20/h3-9,20H,2H2,1H3,(H,18,21)(H,19,22). The fraction of sp³-hybridized carbons (Fsp3) is 0.125. The lowest BCUT2D eigenvalue weighted by molar-refractivity contribution is -0.133. The van der Waals surface area contributed by atoms with Gasteiger partial charge in [0.25, 0.3) is 0 Å². The van der Waals surface area contributed by atoms with Crippen LogP contribution in [0.3, 0.4) is 0 Å². The van der Waals surface area contributed by atoms with E-state index in [1.54, 1.807) is 24.3 Å². The molecule has 0 saturated heterocycles. The second-order valence-corrected chi connectivity index (χ2v) is 4.96. The Labute approximate surface area is 138 Å². The molecule has 0 saturated carbocycles. The van der Waals surface area contributed by atoms with Gasteiger partial charge in [-0.05, 0) is 49.4 Å². The molecule has 6 nitrogen and oxygen atoms in total. The molecule has 0 spiro atoms. The fourth-order valence-electron chi connectivity index (χ4n) is 1.78. The van der Waals surface area contributed by atoms with Crippen molar-refractivity contribution in [1.29, 1.82) is 0 Å². The Kier molecular flexibility index (Phi) is 5.43. The van der Waals surface area contributed by atoms with E-state index in [2.05, 4.69) is 10.6 Å². The van der Waals surface area contributed by atoms with Crippen LogP contribution in [-0.2, 0) is 9.59 Å². The summed E-state index contributed by atoms with van der Waals surface area (Å²) in [6.45, 7) is 2.41. The van der Waals surface area contributed by atoms with Gasteiger partial charge in [-0.25, -0.2) is 0 Å². The Morgan fingerprint density at radius 1 is 1.09 bits per heavy atom. The van der Waals surface area contributed by atoms with Crippen LogP contribution in [0.25, 0.3) is 0 Å². The molecule has 2 aromatic carbocycles. The van der Waals surface area contributed by atoms with E-state index in [4.69, 9.17) is 16.3 Å². The number of halogens is 1. The first-order valence-corrected chi connectivity index (χ1v) is 7.21. The number of benzene rings is 2. The number of phenols is 1. The van der Waals surface area contributed by atoms with E-state index < -0.39 is 11.8 Å². The average molecular weight is 335 g/mol. The van der Waals surface area contributed by atoms with Crippen LogP contribution in [0.15, 0.2) is 42.5 Å². The molecular weight excluding hydrogens is 320 g/mol. The Balaban J connectivity index is 1.99. The highest BCUT2D eigenvalue weighted by Crippen LogP contribution is 2.26. The lowest BCUT2D eigenvalue weighted by Crippen LogP contribution is -2.29. The van der Waals surface area contributed by atoms with E-state index in [1.165, 1.54) is 18.2 Å². The summed E-state index contributed by atoms with van der Waals surface area (Å²) in [5.41, 5.74) is 0.508. The number of hydrogen-bond donors (Lipinski definition) is 3. The van der Waals surface area contributed by atoms with Gasteiger partial charge in [0, 0.05) is 10.7 Å². The van der Waals surface area contributed by atoms with Gasteiger partial charge < -0.3 is 20.5 Å². The van der Waals surface area contributed by atoms with Crippen LogP contribution in [0.4, 0.5) is 11.4 Å². The third-order valence-corrected chi connectivity index (χ3v) is 3.07. The minimum Gasteiger partial charge on any atom is -0.506 e. The van der Waals surface area contributed by atoms with Crippen molar-refractivity contribution in [2.75, 3.05) is 17.2 Å². The van der Waals surface area contributed by atoms with E-state index in [0.717, 1.165) is 0 Å². The highest BCUT2D eigenvalue weighted by Gasteiger charge is 2.16. The Hall–Kier alpha value is -2.73. The molecule has 3 N–H and O–H groups in total. The molecule has 0 aliphatic rings. The van der Waals surface area contributed by atoms with E-state index in [0.29, 0.717) is 23.1 Å². The smallest absolute Gasteiger partial charge is 0.314 e. The van der Waals surface area contributed by atoms with Crippen LogP contribution in [0, 0.1) is 0 Å². The Bertz CT molecular complexity index is 717. The maximum absolute atomic E-state index is 11.9. The van der Waals surface area contributed by atoms with Gasteiger partial charge in [0.15, 0.2) is 0 Å². The molecule has 23 heavy (non-hydrogen) atoms. The molecule has 0 heterocycles. The van der Waals surface area contributed by atoms with E-state index >= 15 is 0 Å². The monoisotopic (exact) mass is 334 g/mol. The number of amides is 2. The Morgan fingerprint density at radius 2 is 1.74 bits per heavy atom. The van der Waals surface area contributed by atoms with Crippen LogP contribution in [-0.4, -0.2) is 23.5 Å². The Morgan fingerprint density at radius 3 is 2.39 bits per heavy atom. The van der Waals surface area contributed by atoms with E-state index in [9.17, 15) is 14.7 Å². The maximum atomic E-state index is 11.9. The van der Waals surface area contributed by atoms with E-state index in [1.807, 2.05) is 6.92 Å². The first kappa shape index (κ1) is 16.6. The number of phenolic OH excluding ortho intramolecular Hbond substituents is 1. The summed E-state index contributed by atoms with van der Waals surface area (Å²) in [5, 5.41) is 14.7. The first-order chi connectivity index (χ1) is 11.0. The number of anilines is 2. The molecule has 0 aliphatic carbocycles. The quantitative estimate of drug-likeness (QED) is 0.592. The predicted octanol–water partition coefficient (Wildman–Crippen LogP) is 3.02. The maximum Gasteiger partial charge on any atom is 0.314 e. The fourth-order valence-corrected chi connectivity index (χ4v) is 1.95. The average Bonchev–Trinajstić information content (AvgIpc) is 2.53. The predicted molar refractivity (Wildman–Crippen MR) is 88.0 cm³/mol. The van der Waals surface area contributed by atoms with Crippen LogP contribution in [0.1, 0.15) is 6.92 Å². The molecule has 120 valence electrons. The van der Waals surface area contributed by atoms with Crippen molar-refractivity contribution in [3.8, 4) is 11.5 Å². The summed E-state index contributed by atoms with van der Waals surface area (Å²) in [7, 11) is 0. The second-order valence-electron chi connectivity index (χ2n) is 4.53. The zero-order chi connectivity index (χ0) is 16.8. The zero-order valence-electron chi connectivity index (χ0n) is 12.3. The van der Waals surface area contributed by atoms with Crippen molar-refractivity contribution in [2.24, 2.45) is 0 Å². The van der Waals surface area contributed by atoms with Gasteiger partial charge in [0.2, 0.25) is 0 Å². The molecule has 7 heteroatoms. The lowest BCUT2D eigenvalue weighted by Gasteiger charge is -2.09. The highest BCUT2D eigenvalue weighted by atomic mass is 35.5. The number of ether oxygens (including phenoxy) is 1. The molecule has 0 unspecified atom stereocenters. The van der Waals surface area contributed by atoms with Gasteiger partial charge in [0.1, 0.15) is 11.5 Å². The molecule has 0 atom stereocenters. The molecule has 2 aromatic rings. The summed E-state index contributed by atoms with van der Waals surface area (Å²) in [6, 6.07) is 10.7. The molecule has 0 aromatic heterocycles. The number of rotatable bonds is 4. The third-order valence-electron chi connectivity index (χ3n) is 2.84. The number of carbonyl (C=O) groups excluding carboxylic acids is 2. The number of aromatic hydroxyl groups is 1. The first-order valence-electron chi connectivity index (χ1n) is 6.83. The summed E-state index contributed by atoms with van der Waals surface area (Å²) >= 11 is 5.78. The van der Waals surface area contributed by atoms with Gasteiger partial charge >= 0.3 is 11.8 Å². The van der Waals surface area contributed by atoms with Crippen molar-refractivity contribution >= 4 is 34.8 Å². The van der Waals surface area contributed by atoms with Gasteiger partial charge in [-0.3, -0.25) is 9.59 Å².